The fourth-order valence-electron chi connectivity index (χ4n) is 1.46. The summed E-state index contributed by atoms with van der Waals surface area (Å²) in [5.41, 5.74) is 24.9. The number of carbonyl (C=O) groups is 1. The van der Waals surface area contributed by atoms with Crippen LogP contribution >= 0.6 is 0 Å². The van der Waals surface area contributed by atoms with Crippen molar-refractivity contribution in [3.8, 4) is 0 Å². The van der Waals surface area contributed by atoms with Crippen molar-refractivity contribution in [2.24, 2.45) is 45.4 Å². The van der Waals surface area contributed by atoms with Gasteiger partial charge < -0.3 is 33.5 Å². The molecule has 0 radical (unpaired) electrons. The molecule has 0 aromatic carbocycles. The first-order valence-corrected chi connectivity index (χ1v) is 5.09. The molecule has 8 heteroatoms. The van der Waals surface area contributed by atoms with E-state index in [1.165, 1.54) is 13.8 Å². The lowest BCUT2D eigenvalue weighted by atomic mass is 9.62. The summed E-state index contributed by atoms with van der Waals surface area (Å²) in [6.45, 7) is 6.10. The van der Waals surface area contributed by atoms with Gasteiger partial charge in [-0.15, -0.1) is 0 Å². The van der Waals surface area contributed by atoms with Gasteiger partial charge in [-0.3, -0.25) is 0 Å². The van der Waals surface area contributed by atoms with Crippen molar-refractivity contribution >= 4 is 5.97 Å². The Morgan fingerprint density at radius 1 is 0.941 bits per heavy atom. The molecule has 0 atom stereocenters. The monoisotopic (exact) mass is 248 g/mol. The molecular formula is C9H24N6O2. The summed E-state index contributed by atoms with van der Waals surface area (Å²) in [6.07, 6.45) is 0. The Balaban J connectivity index is 5.63. The third-order valence-electron chi connectivity index (χ3n) is 3.77. The van der Waals surface area contributed by atoms with Crippen molar-refractivity contribution in [1.82, 2.24) is 0 Å². The Bertz CT molecular complexity index is 305. The second-order valence-electron chi connectivity index (χ2n) is 5.46. The summed E-state index contributed by atoms with van der Waals surface area (Å²) in [5.74, 6) is 2.40. The molecule has 0 heterocycles. The van der Waals surface area contributed by atoms with Gasteiger partial charge in [-0.05, 0) is 13.8 Å². The van der Waals surface area contributed by atoms with Crippen LogP contribution in [0.2, 0.25) is 0 Å². The zero-order valence-electron chi connectivity index (χ0n) is 10.8. The van der Waals surface area contributed by atoms with Crippen molar-refractivity contribution in [2.45, 2.75) is 39.1 Å². The van der Waals surface area contributed by atoms with Crippen LogP contribution in [0.15, 0.2) is 0 Å². The highest BCUT2D eigenvalue weighted by Gasteiger charge is 2.59. The van der Waals surface area contributed by atoms with Gasteiger partial charge in [-0.25, -0.2) is 4.79 Å². The minimum absolute atomic E-state index is 0.778. The van der Waals surface area contributed by atoms with E-state index in [4.69, 9.17) is 34.6 Å². The van der Waals surface area contributed by atoms with Crippen molar-refractivity contribution in [2.75, 3.05) is 0 Å². The summed E-state index contributed by atoms with van der Waals surface area (Å²) >= 11 is 0. The minimum atomic E-state index is -1.68. The molecule has 0 aliphatic rings. The molecule has 0 bridgehead atoms. The van der Waals surface area contributed by atoms with E-state index < -0.39 is 28.2 Å². The first-order valence-electron chi connectivity index (χ1n) is 5.09. The molecule has 12 N–H and O–H groups in total. The average molecular weight is 248 g/mol. The van der Waals surface area contributed by atoms with Gasteiger partial charge in [0.15, 0.2) is 0 Å². The third kappa shape index (κ3) is 2.28. The number of hydrogen-bond donors (Lipinski definition) is 6. The van der Waals surface area contributed by atoms with E-state index >= 15 is 0 Å². The van der Waals surface area contributed by atoms with Gasteiger partial charge in [-0.2, -0.15) is 5.90 Å². The highest BCUT2D eigenvalue weighted by atomic mass is 16.7. The largest absolute Gasteiger partial charge is 0.373 e. The van der Waals surface area contributed by atoms with Crippen LogP contribution in [0.1, 0.15) is 27.7 Å². The standard InChI is InChI=1S/C9H24N6O2/c1-6(2,5(16)17-15)8(10,11)7(3,4)9(12,13)14/h10-15H2,1-4H3. The van der Waals surface area contributed by atoms with E-state index in [-0.39, 0.29) is 0 Å². The molecule has 0 saturated heterocycles. The second-order valence-corrected chi connectivity index (χ2v) is 5.46. The summed E-state index contributed by atoms with van der Waals surface area (Å²) in [6, 6.07) is 0. The normalized spacial score (nSPS) is 14.7. The lowest BCUT2D eigenvalue weighted by Crippen LogP contribution is -2.82. The molecule has 0 aliphatic carbocycles. The summed E-state index contributed by atoms with van der Waals surface area (Å²) < 4.78 is 0. The van der Waals surface area contributed by atoms with Crippen LogP contribution < -0.4 is 34.6 Å². The number of hydrogen-bond acceptors (Lipinski definition) is 8. The maximum absolute atomic E-state index is 11.6. The molecule has 17 heavy (non-hydrogen) atoms. The molecule has 0 unspecified atom stereocenters. The maximum atomic E-state index is 11.6. The Kier molecular flexibility index (Phi) is 3.97. The van der Waals surface area contributed by atoms with Gasteiger partial charge in [0.05, 0.1) is 11.1 Å². The molecule has 0 rings (SSSR count). The Hall–Kier alpha value is -0.770. The minimum Gasteiger partial charge on any atom is -0.373 e. The topological polar surface area (TPSA) is 182 Å². The van der Waals surface area contributed by atoms with Crippen molar-refractivity contribution < 1.29 is 9.63 Å². The molecule has 0 aromatic heterocycles. The predicted octanol–water partition coefficient (Wildman–Crippen LogP) is -2.40. The van der Waals surface area contributed by atoms with Crippen LogP contribution in [0.3, 0.4) is 0 Å². The van der Waals surface area contributed by atoms with Gasteiger partial charge in [0.2, 0.25) is 0 Å². The van der Waals surface area contributed by atoms with Gasteiger partial charge in [-0.1, -0.05) is 13.8 Å². The molecule has 102 valence electrons. The van der Waals surface area contributed by atoms with E-state index in [2.05, 4.69) is 4.84 Å². The predicted molar refractivity (Wildman–Crippen MR) is 64.2 cm³/mol. The van der Waals surface area contributed by atoms with Gasteiger partial charge in [0.25, 0.3) is 0 Å². The molecule has 8 nitrogen and oxygen atoms in total. The fraction of sp³-hybridized carbons (Fsp3) is 0.889. The van der Waals surface area contributed by atoms with Crippen LogP contribution in [0.4, 0.5) is 0 Å². The quantitative estimate of drug-likeness (QED) is 0.235. The smallest absolute Gasteiger partial charge is 0.333 e. The summed E-state index contributed by atoms with van der Waals surface area (Å²) in [5, 5.41) is 0. The SMILES string of the molecule is CC(C)(C(=O)ON)C(N)(N)C(C)(C)C(N)(N)N. The van der Waals surface area contributed by atoms with Crippen molar-refractivity contribution in [3.63, 3.8) is 0 Å². The Morgan fingerprint density at radius 2 is 1.29 bits per heavy atom. The lowest BCUT2D eigenvalue weighted by Gasteiger charge is -2.54. The van der Waals surface area contributed by atoms with Crippen molar-refractivity contribution in [3.05, 3.63) is 0 Å². The van der Waals surface area contributed by atoms with Crippen LogP contribution in [0.25, 0.3) is 0 Å². The maximum Gasteiger partial charge on any atom is 0.333 e. The van der Waals surface area contributed by atoms with Gasteiger partial charge in [0.1, 0.15) is 5.79 Å². The summed E-state index contributed by atoms with van der Waals surface area (Å²) in [7, 11) is 0. The molecular weight excluding hydrogens is 224 g/mol. The fourth-order valence-corrected chi connectivity index (χ4v) is 1.46. The first-order chi connectivity index (χ1) is 7.23. The zero-order valence-corrected chi connectivity index (χ0v) is 10.8. The van der Waals surface area contributed by atoms with E-state index in [9.17, 15) is 4.79 Å². The van der Waals surface area contributed by atoms with Gasteiger partial charge in [0, 0.05) is 5.41 Å². The van der Waals surface area contributed by atoms with Crippen LogP contribution in [-0.4, -0.2) is 17.4 Å². The molecule has 0 fully saturated rings. The average Bonchev–Trinajstić information content (AvgIpc) is 2.13. The molecule has 0 aromatic rings. The van der Waals surface area contributed by atoms with Crippen LogP contribution in [0.5, 0.6) is 0 Å². The highest BCUT2D eigenvalue weighted by molar-refractivity contribution is 5.77. The summed E-state index contributed by atoms with van der Waals surface area (Å²) in [4.78, 5) is 15.8. The van der Waals surface area contributed by atoms with Crippen LogP contribution in [-0.2, 0) is 9.63 Å². The zero-order chi connectivity index (χ0) is 14.3. The molecule has 0 amide bonds. The second kappa shape index (κ2) is 4.16. The molecule has 0 aliphatic heterocycles. The van der Waals surface area contributed by atoms with E-state index in [1.807, 2.05) is 0 Å². The Morgan fingerprint density at radius 3 is 1.53 bits per heavy atom. The number of rotatable bonds is 4. The molecule has 0 spiro atoms. The van der Waals surface area contributed by atoms with E-state index in [0.717, 1.165) is 0 Å². The van der Waals surface area contributed by atoms with Crippen LogP contribution in [0, 0.1) is 10.8 Å². The van der Waals surface area contributed by atoms with E-state index in [0.29, 0.717) is 0 Å². The lowest BCUT2D eigenvalue weighted by molar-refractivity contribution is -0.164. The van der Waals surface area contributed by atoms with Gasteiger partial charge >= 0.3 is 5.97 Å². The number of carbonyl (C=O) groups excluding carboxylic acids is 1. The van der Waals surface area contributed by atoms with E-state index in [1.54, 1.807) is 13.8 Å². The third-order valence-corrected chi connectivity index (χ3v) is 3.77. The number of nitrogens with two attached hydrogens (primary N) is 6. The highest BCUT2D eigenvalue weighted by Crippen LogP contribution is 2.41. The Labute approximate surface area is 101 Å². The molecule has 0 saturated carbocycles. The van der Waals surface area contributed by atoms with Crippen molar-refractivity contribution in [1.29, 1.82) is 0 Å². The first kappa shape index (κ1) is 16.2.